The first kappa shape index (κ1) is 16.4. The maximum Gasteiger partial charge on any atom is 0.240 e. The highest BCUT2D eigenvalue weighted by Gasteiger charge is 2.23. The zero-order valence-corrected chi connectivity index (χ0v) is 13.0. The Morgan fingerprint density at radius 1 is 1.48 bits per heavy atom. The van der Waals surface area contributed by atoms with Crippen molar-refractivity contribution in [2.45, 2.75) is 24.8 Å². The van der Waals surface area contributed by atoms with Gasteiger partial charge in [0.15, 0.2) is 0 Å². The average molecular weight is 315 g/mol. The van der Waals surface area contributed by atoms with Crippen LogP contribution in [0.4, 0.5) is 4.39 Å². The largest absolute Gasteiger partial charge is 0.326 e. The van der Waals surface area contributed by atoms with Crippen LogP contribution in [-0.2, 0) is 16.6 Å². The summed E-state index contributed by atoms with van der Waals surface area (Å²) in [5, 5.41) is 0. The molecule has 1 aromatic carbocycles. The number of halogens is 1. The Bertz CT molecular complexity index is 592. The van der Waals surface area contributed by atoms with E-state index in [9.17, 15) is 12.8 Å². The van der Waals surface area contributed by atoms with Gasteiger partial charge in [-0.3, -0.25) is 0 Å². The van der Waals surface area contributed by atoms with Crippen molar-refractivity contribution in [3.05, 3.63) is 29.6 Å². The third-order valence-corrected chi connectivity index (χ3v) is 5.35. The van der Waals surface area contributed by atoms with Gasteiger partial charge in [0.2, 0.25) is 10.0 Å². The number of hydrogen-bond donors (Lipinski definition) is 2. The predicted octanol–water partition coefficient (Wildman–Crippen LogP) is 0.905. The van der Waals surface area contributed by atoms with Crippen LogP contribution in [0.3, 0.4) is 0 Å². The summed E-state index contributed by atoms with van der Waals surface area (Å²) in [5.74, 6) is -0.153. The molecule has 1 aromatic rings. The van der Waals surface area contributed by atoms with E-state index in [1.54, 1.807) is 0 Å². The van der Waals surface area contributed by atoms with E-state index in [1.807, 2.05) is 0 Å². The van der Waals surface area contributed by atoms with E-state index in [1.165, 1.54) is 12.1 Å². The fraction of sp³-hybridized carbons (Fsp3) is 0.571. The molecule has 1 heterocycles. The molecule has 7 heteroatoms. The first-order valence-corrected chi connectivity index (χ1v) is 8.65. The highest BCUT2D eigenvalue weighted by Crippen LogP contribution is 2.17. The van der Waals surface area contributed by atoms with Crippen molar-refractivity contribution in [1.82, 2.24) is 9.62 Å². The summed E-state index contributed by atoms with van der Waals surface area (Å²) < 4.78 is 40.4. The van der Waals surface area contributed by atoms with E-state index in [0.717, 1.165) is 32.1 Å². The number of likely N-dealkylation sites (tertiary alicyclic amines) is 1. The summed E-state index contributed by atoms with van der Waals surface area (Å²) in [4.78, 5) is 2.36. The van der Waals surface area contributed by atoms with Crippen LogP contribution in [0.2, 0.25) is 0 Å². The van der Waals surface area contributed by atoms with E-state index in [4.69, 9.17) is 5.73 Å². The Balaban J connectivity index is 2.02. The van der Waals surface area contributed by atoms with E-state index in [0.29, 0.717) is 12.5 Å². The topological polar surface area (TPSA) is 75.4 Å². The van der Waals surface area contributed by atoms with Crippen LogP contribution >= 0.6 is 0 Å². The SMILES string of the molecule is CCN1CCC(CNS(=O)(=O)c2ccc(F)c(CN)c2)C1. The standard InChI is InChI=1S/C14H22FN3O2S/c1-2-18-6-5-11(10-18)9-17-21(19,20)13-3-4-14(15)12(7-13)8-16/h3-4,7,11,17H,2,5-6,8-10,16H2,1H3. The van der Waals surface area contributed by atoms with Gasteiger partial charge < -0.3 is 10.6 Å². The molecule has 0 amide bonds. The van der Waals surface area contributed by atoms with Crippen LogP contribution in [0, 0.1) is 11.7 Å². The fourth-order valence-electron chi connectivity index (χ4n) is 2.55. The molecule has 1 aliphatic heterocycles. The number of hydrogen-bond acceptors (Lipinski definition) is 4. The monoisotopic (exact) mass is 315 g/mol. The summed E-state index contributed by atoms with van der Waals surface area (Å²) in [5.41, 5.74) is 5.61. The van der Waals surface area contributed by atoms with Crippen molar-refractivity contribution in [2.75, 3.05) is 26.2 Å². The van der Waals surface area contributed by atoms with Gasteiger partial charge in [0.1, 0.15) is 5.82 Å². The highest BCUT2D eigenvalue weighted by molar-refractivity contribution is 7.89. The molecule has 1 aliphatic rings. The Labute approximate surface area is 125 Å². The molecule has 0 spiro atoms. The van der Waals surface area contributed by atoms with E-state index in [2.05, 4.69) is 16.5 Å². The third-order valence-electron chi connectivity index (χ3n) is 3.93. The second-order valence-electron chi connectivity index (χ2n) is 5.36. The molecule has 21 heavy (non-hydrogen) atoms. The van der Waals surface area contributed by atoms with Crippen LogP contribution in [0.15, 0.2) is 23.1 Å². The lowest BCUT2D eigenvalue weighted by atomic mass is 10.1. The van der Waals surface area contributed by atoms with Gasteiger partial charge in [-0.2, -0.15) is 0 Å². The molecule has 1 unspecified atom stereocenters. The van der Waals surface area contributed by atoms with Gasteiger partial charge in [-0.1, -0.05) is 6.92 Å². The first-order valence-electron chi connectivity index (χ1n) is 7.16. The lowest BCUT2D eigenvalue weighted by molar-refractivity contribution is 0.342. The molecule has 0 bridgehead atoms. The van der Waals surface area contributed by atoms with Crippen LogP contribution < -0.4 is 10.5 Å². The molecule has 3 N–H and O–H groups in total. The van der Waals surface area contributed by atoms with E-state index >= 15 is 0 Å². The van der Waals surface area contributed by atoms with Crippen LogP contribution in [-0.4, -0.2) is 39.5 Å². The molecule has 1 fully saturated rings. The van der Waals surface area contributed by atoms with Crippen LogP contribution in [0.5, 0.6) is 0 Å². The van der Waals surface area contributed by atoms with Gasteiger partial charge in [-0.25, -0.2) is 17.5 Å². The smallest absolute Gasteiger partial charge is 0.240 e. The zero-order valence-electron chi connectivity index (χ0n) is 12.2. The molecule has 0 radical (unpaired) electrons. The average Bonchev–Trinajstić information content (AvgIpc) is 2.93. The second kappa shape index (κ2) is 6.83. The molecular weight excluding hydrogens is 293 g/mol. The van der Waals surface area contributed by atoms with Gasteiger partial charge in [-0.05, 0) is 43.6 Å². The second-order valence-corrected chi connectivity index (χ2v) is 7.12. The molecular formula is C14H22FN3O2S. The van der Waals surface area contributed by atoms with E-state index < -0.39 is 15.8 Å². The maximum atomic E-state index is 13.4. The van der Waals surface area contributed by atoms with E-state index in [-0.39, 0.29) is 17.0 Å². The molecule has 1 atom stereocenters. The molecule has 1 saturated heterocycles. The van der Waals surface area contributed by atoms with Crippen LogP contribution in [0.25, 0.3) is 0 Å². The summed E-state index contributed by atoms with van der Waals surface area (Å²) in [7, 11) is -3.61. The van der Waals surface area contributed by atoms with Gasteiger partial charge in [-0.15, -0.1) is 0 Å². The normalized spacial score (nSPS) is 20.0. The van der Waals surface area contributed by atoms with Crippen molar-refractivity contribution >= 4 is 10.0 Å². The number of nitrogens with two attached hydrogens (primary N) is 1. The minimum Gasteiger partial charge on any atom is -0.326 e. The quantitative estimate of drug-likeness (QED) is 0.818. The minimum atomic E-state index is -3.61. The predicted molar refractivity (Wildman–Crippen MR) is 79.7 cm³/mol. The van der Waals surface area contributed by atoms with Gasteiger partial charge >= 0.3 is 0 Å². The summed E-state index contributed by atoms with van der Waals surface area (Å²) in [6.45, 7) is 5.39. The highest BCUT2D eigenvalue weighted by atomic mass is 32.2. The molecule has 0 saturated carbocycles. The molecule has 2 rings (SSSR count). The third kappa shape index (κ3) is 4.00. The maximum absolute atomic E-state index is 13.4. The number of rotatable bonds is 6. The number of sulfonamides is 1. The zero-order chi connectivity index (χ0) is 15.5. The van der Waals surface area contributed by atoms with Crippen molar-refractivity contribution < 1.29 is 12.8 Å². The number of nitrogens with zero attached hydrogens (tertiary/aromatic N) is 1. The summed E-state index contributed by atoms with van der Waals surface area (Å²) in [6, 6.07) is 3.71. The van der Waals surface area contributed by atoms with Crippen LogP contribution in [0.1, 0.15) is 18.9 Å². The summed E-state index contributed by atoms with van der Waals surface area (Å²) >= 11 is 0. The first-order chi connectivity index (χ1) is 9.96. The number of nitrogens with one attached hydrogen (secondary N) is 1. The molecule has 0 aromatic heterocycles. The minimum absolute atomic E-state index is 0.0245. The fourth-order valence-corrected chi connectivity index (χ4v) is 3.72. The lowest BCUT2D eigenvalue weighted by Crippen LogP contribution is -2.31. The van der Waals surface area contributed by atoms with Gasteiger partial charge in [0.05, 0.1) is 4.90 Å². The Morgan fingerprint density at radius 2 is 2.24 bits per heavy atom. The van der Waals surface area contributed by atoms with Gasteiger partial charge in [0, 0.05) is 25.2 Å². The molecule has 5 nitrogen and oxygen atoms in total. The summed E-state index contributed by atoms with van der Waals surface area (Å²) in [6.07, 6.45) is 0.994. The van der Waals surface area contributed by atoms with Crippen molar-refractivity contribution in [2.24, 2.45) is 11.7 Å². The lowest BCUT2D eigenvalue weighted by Gasteiger charge is -2.14. The Morgan fingerprint density at radius 3 is 2.86 bits per heavy atom. The molecule has 0 aliphatic carbocycles. The molecule has 118 valence electrons. The van der Waals surface area contributed by atoms with Gasteiger partial charge in [0.25, 0.3) is 0 Å². The number of benzene rings is 1. The van der Waals surface area contributed by atoms with Crippen molar-refractivity contribution in [1.29, 1.82) is 0 Å². The van der Waals surface area contributed by atoms with Crippen molar-refractivity contribution in [3.63, 3.8) is 0 Å². The van der Waals surface area contributed by atoms with Crippen molar-refractivity contribution in [3.8, 4) is 0 Å². The Kier molecular flexibility index (Phi) is 5.32. The Hall–Kier alpha value is -1.02.